The molecule has 0 saturated carbocycles. The summed E-state index contributed by atoms with van der Waals surface area (Å²) in [4.78, 5) is 11.6. The molecular formula is C4H3BrO3. The Labute approximate surface area is 54.4 Å². The fourth-order valence-electron chi connectivity index (χ4n) is 0.350. The van der Waals surface area contributed by atoms with Gasteiger partial charge in [0.2, 0.25) is 0 Å². The van der Waals surface area contributed by atoms with Crippen molar-refractivity contribution in [3.63, 3.8) is 0 Å². The monoisotopic (exact) mass is 178 g/mol. The van der Waals surface area contributed by atoms with Crippen molar-refractivity contribution >= 4 is 22.1 Å². The lowest BCUT2D eigenvalue weighted by molar-refractivity contribution is 0.136. The van der Waals surface area contributed by atoms with Gasteiger partial charge in [-0.25, -0.2) is 4.79 Å². The summed E-state index contributed by atoms with van der Waals surface area (Å²) in [6, 6.07) is 0. The SMILES string of the molecule is O=C1OC/C(=C\Br)O1. The molecule has 0 bridgehead atoms. The van der Waals surface area contributed by atoms with E-state index in [-0.39, 0.29) is 6.61 Å². The molecule has 44 valence electrons. The molecule has 0 aliphatic carbocycles. The van der Waals surface area contributed by atoms with Crippen molar-refractivity contribution in [2.75, 3.05) is 6.61 Å². The van der Waals surface area contributed by atoms with E-state index in [0.717, 1.165) is 0 Å². The Bertz CT molecular complexity index is 140. The maximum Gasteiger partial charge on any atom is 0.514 e. The predicted octanol–water partition coefficient (Wildman–Crippen LogP) is 1.39. The van der Waals surface area contributed by atoms with Gasteiger partial charge in [0.15, 0.2) is 12.4 Å². The summed E-state index contributed by atoms with van der Waals surface area (Å²) >= 11 is 2.98. The van der Waals surface area contributed by atoms with E-state index in [1.165, 1.54) is 4.99 Å². The van der Waals surface area contributed by atoms with Crippen LogP contribution >= 0.6 is 15.9 Å². The minimum absolute atomic E-state index is 0.240. The van der Waals surface area contributed by atoms with Crippen LogP contribution in [-0.2, 0) is 9.47 Å². The van der Waals surface area contributed by atoms with Gasteiger partial charge in [-0.15, -0.1) is 0 Å². The molecule has 0 unspecified atom stereocenters. The Kier molecular flexibility index (Phi) is 1.53. The van der Waals surface area contributed by atoms with Crippen LogP contribution < -0.4 is 0 Å². The van der Waals surface area contributed by atoms with Crippen molar-refractivity contribution in [1.29, 1.82) is 0 Å². The summed E-state index contributed by atoms with van der Waals surface area (Å²) in [7, 11) is 0. The van der Waals surface area contributed by atoms with Crippen molar-refractivity contribution in [2.45, 2.75) is 0 Å². The van der Waals surface area contributed by atoms with Gasteiger partial charge in [-0.3, -0.25) is 0 Å². The summed E-state index contributed by atoms with van der Waals surface area (Å²) in [5.74, 6) is 0.509. The second-order valence-electron chi connectivity index (χ2n) is 1.22. The average Bonchev–Trinajstić information content (AvgIpc) is 2.14. The fourth-order valence-corrected chi connectivity index (χ4v) is 0.575. The molecule has 4 heteroatoms. The molecule has 0 amide bonds. The number of rotatable bonds is 0. The number of halogens is 1. The van der Waals surface area contributed by atoms with Crippen LogP contribution in [0.25, 0.3) is 0 Å². The molecule has 1 fully saturated rings. The van der Waals surface area contributed by atoms with E-state index in [2.05, 4.69) is 25.4 Å². The summed E-state index contributed by atoms with van der Waals surface area (Å²) in [5, 5.41) is 0. The first-order valence-electron chi connectivity index (χ1n) is 1.97. The van der Waals surface area contributed by atoms with E-state index >= 15 is 0 Å². The molecule has 1 saturated heterocycles. The first-order valence-corrected chi connectivity index (χ1v) is 2.88. The lowest BCUT2D eigenvalue weighted by Crippen LogP contribution is -1.88. The topological polar surface area (TPSA) is 35.5 Å². The molecule has 0 atom stereocenters. The highest BCUT2D eigenvalue weighted by Crippen LogP contribution is 2.10. The number of hydrogen-bond donors (Lipinski definition) is 0. The Balaban J connectivity index is 2.56. The van der Waals surface area contributed by atoms with Crippen LogP contribution in [0, 0.1) is 0 Å². The van der Waals surface area contributed by atoms with Crippen molar-refractivity contribution in [3.05, 3.63) is 10.7 Å². The van der Waals surface area contributed by atoms with Gasteiger partial charge in [0.25, 0.3) is 0 Å². The molecule has 1 rings (SSSR count). The van der Waals surface area contributed by atoms with Crippen LogP contribution in [0.15, 0.2) is 10.7 Å². The number of cyclic esters (lactones) is 2. The standard InChI is InChI=1S/C4H3BrO3/c5-1-3-2-7-4(6)8-3/h1H,2H2/b3-1+. The Morgan fingerprint density at radius 3 is 2.75 bits per heavy atom. The van der Waals surface area contributed by atoms with Gasteiger partial charge in [-0.05, 0) is 0 Å². The lowest BCUT2D eigenvalue weighted by atomic mass is 10.6. The lowest BCUT2D eigenvalue weighted by Gasteiger charge is -1.82. The van der Waals surface area contributed by atoms with Crippen molar-refractivity contribution in [3.8, 4) is 0 Å². The molecule has 0 aromatic heterocycles. The smallest absolute Gasteiger partial charge is 0.426 e. The molecule has 0 spiro atoms. The Hall–Kier alpha value is -0.510. The number of carbonyl (C=O) groups excluding carboxylic acids is 1. The van der Waals surface area contributed by atoms with Crippen LogP contribution in [-0.4, -0.2) is 12.8 Å². The molecule has 1 heterocycles. The minimum atomic E-state index is -0.629. The molecule has 3 nitrogen and oxygen atoms in total. The average molecular weight is 179 g/mol. The zero-order valence-corrected chi connectivity index (χ0v) is 5.47. The maximum atomic E-state index is 10.1. The van der Waals surface area contributed by atoms with E-state index in [0.29, 0.717) is 5.76 Å². The van der Waals surface area contributed by atoms with Crippen molar-refractivity contribution < 1.29 is 14.3 Å². The number of carbonyl (C=O) groups is 1. The van der Waals surface area contributed by atoms with Crippen LogP contribution in [0.5, 0.6) is 0 Å². The van der Waals surface area contributed by atoms with Crippen LogP contribution in [0.3, 0.4) is 0 Å². The highest BCUT2D eigenvalue weighted by atomic mass is 79.9. The molecule has 0 aromatic rings. The van der Waals surface area contributed by atoms with E-state index in [4.69, 9.17) is 0 Å². The van der Waals surface area contributed by atoms with E-state index < -0.39 is 6.16 Å². The molecule has 0 N–H and O–H groups in total. The van der Waals surface area contributed by atoms with Gasteiger partial charge in [0.1, 0.15) is 0 Å². The normalized spacial score (nSPS) is 23.1. The van der Waals surface area contributed by atoms with Gasteiger partial charge in [0, 0.05) is 4.99 Å². The van der Waals surface area contributed by atoms with Gasteiger partial charge < -0.3 is 9.47 Å². The molecule has 8 heavy (non-hydrogen) atoms. The first-order chi connectivity index (χ1) is 3.83. The van der Waals surface area contributed by atoms with Crippen LogP contribution in [0.1, 0.15) is 0 Å². The third-order valence-electron chi connectivity index (χ3n) is 0.668. The Morgan fingerprint density at radius 1 is 1.75 bits per heavy atom. The van der Waals surface area contributed by atoms with Crippen LogP contribution in [0.4, 0.5) is 4.79 Å². The minimum Gasteiger partial charge on any atom is -0.426 e. The molecular weight excluding hydrogens is 176 g/mol. The van der Waals surface area contributed by atoms with E-state index in [1.807, 2.05) is 0 Å². The van der Waals surface area contributed by atoms with Gasteiger partial charge in [0.05, 0.1) is 0 Å². The van der Waals surface area contributed by atoms with Gasteiger partial charge >= 0.3 is 6.16 Å². The summed E-state index contributed by atoms with van der Waals surface area (Å²) in [6.45, 7) is 0.240. The van der Waals surface area contributed by atoms with Crippen molar-refractivity contribution in [2.24, 2.45) is 0 Å². The summed E-state index contributed by atoms with van der Waals surface area (Å²) in [5.41, 5.74) is 0. The fraction of sp³-hybridized carbons (Fsp3) is 0.250. The zero-order valence-electron chi connectivity index (χ0n) is 3.89. The third kappa shape index (κ3) is 1.01. The summed E-state index contributed by atoms with van der Waals surface area (Å²) in [6.07, 6.45) is -0.629. The second-order valence-corrected chi connectivity index (χ2v) is 1.67. The predicted molar refractivity (Wildman–Crippen MR) is 29.4 cm³/mol. The molecule has 1 aliphatic heterocycles. The summed E-state index contributed by atoms with van der Waals surface area (Å²) < 4.78 is 8.86. The largest absolute Gasteiger partial charge is 0.514 e. The van der Waals surface area contributed by atoms with Gasteiger partial charge in [-0.1, -0.05) is 15.9 Å². The third-order valence-corrected chi connectivity index (χ3v) is 1.18. The Morgan fingerprint density at radius 2 is 2.50 bits per heavy atom. The van der Waals surface area contributed by atoms with Crippen molar-refractivity contribution in [1.82, 2.24) is 0 Å². The van der Waals surface area contributed by atoms with Gasteiger partial charge in [-0.2, -0.15) is 0 Å². The van der Waals surface area contributed by atoms with Crippen LogP contribution in [0.2, 0.25) is 0 Å². The molecule has 0 radical (unpaired) electrons. The maximum absolute atomic E-state index is 10.1. The van der Waals surface area contributed by atoms with E-state index in [9.17, 15) is 4.79 Å². The zero-order chi connectivity index (χ0) is 5.98. The highest BCUT2D eigenvalue weighted by Gasteiger charge is 2.16. The quantitative estimate of drug-likeness (QED) is 0.527. The highest BCUT2D eigenvalue weighted by molar-refractivity contribution is 9.11. The number of hydrogen-bond acceptors (Lipinski definition) is 3. The number of ether oxygens (including phenoxy) is 2. The van der Waals surface area contributed by atoms with E-state index in [1.54, 1.807) is 0 Å². The molecule has 1 aliphatic rings. The molecule has 0 aromatic carbocycles. The second kappa shape index (κ2) is 2.17. The first kappa shape index (κ1) is 5.62.